The predicted octanol–water partition coefficient (Wildman–Crippen LogP) is 3.28. The summed E-state index contributed by atoms with van der Waals surface area (Å²) in [7, 11) is 0. The molecule has 3 heterocycles. The van der Waals surface area contributed by atoms with E-state index in [1.807, 2.05) is 16.8 Å². The van der Waals surface area contributed by atoms with Crippen molar-refractivity contribution in [3.63, 3.8) is 0 Å². The van der Waals surface area contributed by atoms with Crippen LogP contribution in [0.15, 0.2) is 45.6 Å². The number of rotatable bonds is 8. The van der Waals surface area contributed by atoms with Gasteiger partial charge in [0.1, 0.15) is 0 Å². The molecule has 9 heteroatoms. The van der Waals surface area contributed by atoms with Crippen molar-refractivity contribution in [2.45, 2.75) is 31.8 Å². The molecule has 1 aromatic carbocycles. The maximum Gasteiger partial charge on any atom is 0.253 e. The average molecular weight is 426 g/mol. The maximum absolute atomic E-state index is 12.5. The summed E-state index contributed by atoms with van der Waals surface area (Å²) in [5.74, 6) is 0.442. The number of carbonyl (C=O) groups excluding carboxylic acids is 2. The van der Waals surface area contributed by atoms with Gasteiger partial charge in [-0.25, -0.2) is 0 Å². The second-order valence-corrected chi connectivity index (χ2v) is 7.74. The van der Waals surface area contributed by atoms with Crippen molar-refractivity contribution in [2.75, 3.05) is 18.5 Å². The van der Waals surface area contributed by atoms with Gasteiger partial charge in [0.15, 0.2) is 0 Å². The highest BCUT2D eigenvalue weighted by molar-refractivity contribution is 7.08. The molecular formula is C21H22N4O4S. The van der Waals surface area contributed by atoms with E-state index in [0.717, 1.165) is 25.0 Å². The van der Waals surface area contributed by atoms with Crippen LogP contribution in [0.5, 0.6) is 0 Å². The zero-order chi connectivity index (χ0) is 20.8. The minimum absolute atomic E-state index is 0.0593. The first kappa shape index (κ1) is 20.2. The third kappa shape index (κ3) is 5.11. The van der Waals surface area contributed by atoms with Crippen molar-refractivity contribution >= 4 is 28.8 Å². The number of hydrogen-bond donors (Lipinski definition) is 2. The molecule has 2 N–H and O–H groups in total. The van der Waals surface area contributed by atoms with Crippen LogP contribution in [-0.4, -0.2) is 41.2 Å². The largest absolute Gasteiger partial charge is 0.376 e. The van der Waals surface area contributed by atoms with Crippen LogP contribution in [0.4, 0.5) is 5.69 Å². The van der Waals surface area contributed by atoms with E-state index in [0.29, 0.717) is 35.9 Å². The lowest BCUT2D eigenvalue weighted by Gasteiger charge is -2.13. The Labute approximate surface area is 177 Å². The molecular weight excluding hydrogens is 404 g/mol. The molecule has 1 saturated heterocycles. The Kier molecular flexibility index (Phi) is 6.50. The summed E-state index contributed by atoms with van der Waals surface area (Å²) in [4.78, 5) is 29.3. The number of aryl methyl sites for hydroxylation is 1. The number of hydrogen-bond acceptors (Lipinski definition) is 7. The van der Waals surface area contributed by atoms with Gasteiger partial charge in [0, 0.05) is 36.9 Å². The van der Waals surface area contributed by atoms with E-state index in [2.05, 4.69) is 20.8 Å². The molecule has 0 spiro atoms. The third-order valence-electron chi connectivity index (χ3n) is 4.77. The van der Waals surface area contributed by atoms with Gasteiger partial charge in [0.2, 0.25) is 17.6 Å². The van der Waals surface area contributed by atoms with Crippen LogP contribution in [0, 0.1) is 0 Å². The third-order valence-corrected chi connectivity index (χ3v) is 5.46. The van der Waals surface area contributed by atoms with Crippen LogP contribution in [0.2, 0.25) is 0 Å². The monoisotopic (exact) mass is 426 g/mol. The summed E-state index contributed by atoms with van der Waals surface area (Å²) in [6, 6.07) is 8.84. The van der Waals surface area contributed by atoms with E-state index in [4.69, 9.17) is 9.26 Å². The van der Waals surface area contributed by atoms with E-state index >= 15 is 0 Å². The second-order valence-electron chi connectivity index (χ2n) is 6.96. The standard InChI is InChI=1S/C21H22N4O4S/c26-18(7-8-19-24-20(25-29-19)14-9-11-30-13-14)23-17-6-2-1-5-16(17)21(27)22-12-15-4-3-10-28-15/h1-2,5-6,9,11,13,15H,3-4,7-8,10,12H2,(H,22,27)(H,23,26). The van der Waals surface area contributed by atoms with Crippen molar-refractivity contribution in [1.29, 1.82) is 0 Å². The van der Waals surface area contributed by atoms with E-state index < -0.39 is 0 Å². The van der Waals surface area contributed by atoms with Gasteiger partial charge in [-0.1, -0.05) is 17.3 Å². The molecule has 2 amide bonds. The molecule has 30 heavy (non-hydrogen) atoms. The van der Waals surface area contributed by atoms with Gasteiger partial charge in [-0.3, -0.25) is 9.59 Å². The number of nitrogens with one attached hydrogen (secondary N) is 2. The Balaban J connectivity index is 1.31. The number of anilines is 1. The first-order valence-corrected chi connectivity index (χ1v) is 10.8. The van der Waals surface area contributed by atoms with Crippen molar-refractivity contribution < 1.29 is 18.8 Å². The fraction of sp³-hybridized carbons (Fsp3) is 0.333. The molecule has 156 valence electrons. The zero-order valence-corrected chi connectivity index (χ0v) is 17.1. The average Bonchev–Trinajstić information content (AvgIpc) is 3.53. The number of benzene rings is 1. The Hall–Kier alpha value is -3.04. The lowest BCUT2D eigenvalue weighted by Crippen LogP contribution is -2.32. The van der Waals surface area contributed by atoms with E-state index in [9.17, 15) is 9.59 Å². The number of amides is 2. The molecule has 0 saturated carbocycles. The van der Waals surface area contributed by atoms with Crippen molar-refractivity contribution in [3.8, 4) is 11.4 Å². The van der Waals surface area contributed by atoms with Crippen LogP contribution in [-0.2, 0) is 16.0 Å². The molecule has 1 atom stereocenters. The number of aromatic nitrogens is 2. The number of para-hydroxylation sites is 1. The molecule has 1 aliphatic heterocycles. The Morgan fingerprint density at radius 2 is 2.13 bits per heavy atom. The SMILES string of the molecule is O=C(CCc1nc(-c2ccsc2)no1)Nc1ccccc1C(=O)NCC1CCCO1. The molecule has 0 aliphatic carbocycles. The fourth-order valence-corrected chi connectivity index (χ4v) is 3.83. The van der Waals surface area contributed by atoms with Gasteiger partial charge in [-0.15, -0.1) is 0 Å². The number of ether oxygens (including phenoxy) is 1. The van der Waals surface area contributed by atoms with Gasteiger partial charge in [0.25, 0.3) is 5.91 Å². The molecule has 1 fully saturated rings. The minimum atomic E-state index is -0.237. The summed E-state index contributed by atoms with van der Waals surface area (Å²) >= 11 is 1.55. The number of carbonyl (C=O) groups is 2. The zero-order valence-electron chi connectivity index (χ0n) is 16.3. The summed E-state index contributed by atoms with van der Waals surface area (Å²) in [5, 5.41) is 13.5. The smallest absolute Gasteiger partial charge is 0.253 e. The lowest BCUT2D eigenvalue weighted by molar-refractivity contribution is -0.116. The first-order chi connectivity index (χ1) is 14.7. The normalized spacial score (nSPS) is 15.8. The van der Waals surface area contributed by atoms with Crippen LogP contribution in [0.25, 0.3) is 11.4 Å². The van der Waals surface area contributed by atoms with Gasteiger partial charge >= 0.3 is 0 Å². The Morgan fingerprint density at radius 1 is 1.23 bits per heavy atom. The Morgan fingerprint density at radius 3 is 2.93 bits per heavy atom. The molecule has 2 aromatic heterocycles. The Bertz CT molecular complexity index is 996. The maximum atomic E-state index is 12.5. The van der Waals surface area contributed by atoms with Crippen molar-refractivity contribution in [2.24, 2.45) is 0 Å². The molecule has 1 aliphatic rings. The topological polar surface area (TPSA) is 106 Å². The highest BCUT2D eigenvalue weighted by atomic mass is 32.1. The minimum Gasteiger partial charge on any atom is -0.376 e. The quantitative estimate of drug-likeness (QED) is 0.573. The summed E-state index contributed by atoms with van der Waals surface area (Å²) in [6.45, 7) is 1.20. The summed E-state index contributed by atoms with van der Waals surface area (Å²) in [6.07, 6.45) is 2.50. The highest BCUT2D eigenvalue weighted by Gasteiger charge is 2.19. The van der Waals surface area contributed by atoms with Gasteiger partial charge in [0.05, 0.1) is 17.4 Å². The fourth-order valence-electron chi connectivity index (χ4n) is 3.20. The van der Waals surface area contributed by atoms with Crippen LogP contribution in [0.1, 0.15) is 35.5 Å². The lowest BCUT2D eigenvalue weighted by atomic mass is 10.1. The van der Waals surface area contributed by atoms with E-state index in [1.54, 1.807) is 35.6 Å². The van der Waals surface area contributed by atoms with Crippen molar-refractivity contribution in [3.05, 3.63) is 52.5 Å². The number of nitrogens with zero attached hydrogens (tertiary/aromatic N) is 2. The van der Waals surface area contributed by atoms with Gasteiger partial charge in [-0.05, 0) is 36.4 Å². The molecule has 0 radical (unpaired) electrons. The highest BCUT2D eigenvalue weighted by Crippen LogP contribution is 2.20. The molecule has 3 aromatic rings. The molecule has 1 unspecified atom stereocenters. The molecule has 4 rings (SSSR count). The van der Waals surface area contributed by atoms with E-state index in [1.165, 1.54) is 0 Å². The van der Waals surface area contributed by atoms with Gasteiger partial charge < -0.3 is 19.9 Å². The van der Waals surface area contributed by atoms with Crippen LogP contribution < -0.4 is 10.6 Å². The van der Waals surface area contributed by atoms with Crippen LogP contribution >= 0.6 is 11.3 Å². The number of thiophene rings is 1. The second kappa shape index (κ2) is 9.64. The van der Waals surface area contributed by atoms with Crippen LogP contribution in [0.3, 0.4) is 0 Å². The predicted molar refractivity (Wildman–Crippen MR) is 112 cm³/mol. The molecule has 8 nitrogen and oxygen atoms in total. The van der Waals surface area contributed by atoms with Gasteiger partial charge in [-0.2, -0.15) is 16.3 Å². The molecule has 0 bridgehead atoms. The van der Waals surface area contributed by atoms with Crippen molar-refractivity contribution in [1.82, 2.24) is 15.5 Å². The first-order valence-electron chi connectivity index (χ1n) is 9.83. The van der Waals surface area contributed by atoms with E-state index in [-0.39, 0.29) is 24.3 Å². The summed E-state index contributed by atoms with van der Waals surface area (Å²) in [5.41, 5.74) is 1.78. The summed E-state index contributed by atoms with van der Waals surface area (Å²) < 4.78 is 10.7.